The first-order chi connectivity index (χ1) is 10.5. The number of hydrogen-bond acceptors (Lipinski definition) is 4. The van der Waals surface area contributed by atoms with Crippen molar-refractivity contribution in [3.05, 3.63) is 0 Å². The molecule has 0 aromatic rings. The van der Waals surface area contributed by atoms with E-state index < -0.39 is 0 Å². The molecule has 1 aliphatic carbocycles. The van der Waals surface area contributed by atoms with Crippen LogP contribution >= 0.6 is 0 Å². The van der Waals surface area contributed by atoms with Gasteiger partial charge in [-0.05, 0) is 64.5 Å². The van der Waals surface area contributed by atoms with Crippen molar-refractivity contribution in [3.63, 3.8) is 0 Å². The third-order valence-corrected chi connectivity index (χ3v) is 5.92. The summed E-state index contributed by atoms with van der Waals surface area (Å²) in [5.41, 5.74) is 0.342. The lowest BCUT2D eigenvalue weighted by molar-refractivity contribution is -0.122. The number of ketones is 1. The van der Waals surface area contributed by atoms with Crippen molar-refractivity contribution < 1.29 is 14.3 Å². The minimum absolute atomic E-state index is 0.148. The number of hydrogen-bond donors (Lipinski definition) is 0. The van der Waals surface area contributed by atoms with Crippen molar-refractivity contribution in [1.82, 2.24) is 9.80 Å². The van der Waals surface area contributed by atoms with Crippen LogP contribution in [0.25, 0.3) is 0 Å². The number of ether oxygens (including phenoxy) is 1. The maximum atomic E-state index is 11.8. The summed E-state index contributed by atoms with van der Waals surface area (Å²) in [6, 6.07) is 0.662. The molecule has 5 nitrogen and oxygen atoms in total. The second kappa shape index (κ2) is 6.19. The van der Waals surface area contributed by atoms with Gasteiger partial charge in [0.1, 0.15) is 5.78 Å². The molecule has 2 aliphatic heterocycles. The highest BCUT2D eigenvalue weighted by molar-refractivity contribution is 5.78. The van der Waals surface area contributed by atoms with Gasteiger partial charge in [-0.25, -0.2) is 4.79 Å². The molecular weight excluding hydrogens is 280 g/mol. The number of Topliss-reactive ketones (excluding diaryl/α,β-unsaturated/α-hetero) is 1. The van der Waals surface area contributed by atoms with E-state index in [2.05, 4.69) is 4.90 Å². The number of nitrogens with zero attached hydrogens (tertiary/aromatic N) is 2. The topological polar surface area (TPSA) is 49.9 Å². The highest BCUT2D eigenvalue weighted by Gasteiger charge is 2.51. The summed E-state index contributed by atoms with van der Waals surface area (Å²) in [6.07, 6.45) is 5.42. The fraction of sp³-hybridized carbons (Fsp3) is 0.882. The van der Waals surface area contributed by atoms with Crippen molar-refractivity contribution >= 4 is 11.9 Å². The summed E-state index contributed by atoms with van der Waals surface area (Å²) in [5.74, 6) is 0.640. The Morgan fingerprint density at radius 1 is 1.18 bits per heavy atom. The highest BCUT2D eigenvalue weighted by atomic mass is 16.6. The number of carbonyl (C=O) groups is 2. The molecule has 0 aromatic heterocycles. The number of carbonyl (C=O) groups excluding carboxylic acids is 2. The Balaban J connectivity index is 1.45. The third kappa shape index (κ3) is 3.00. The quantitative estimate of drug-likeness (QED) is 0.803. The summed E-state index contributed by atoms with van der Waals surface area (Å²) >= 11 is 0. The van der Waals surface area contributed by atoms with Crippen LogP contribution in [0.4, 0.5) is 4.79 Å². The first-order valence-electron chi connectivity index (χ1n) is 8.69. The van der Waals surface area contributed by atoms with Crippen LogP contribution in [0.1, 0.15) is 46.0 Å². The summed E-state index contributed by atoms with van der Waals surface area (Å²) < 4.78 is 5.11. The average molecular weight is 308 g/mol. The van der Waals surface area contributed by atoms with Crippen molar-refractivity contribution in [2.75, 3.05) is 32.8 Å². The van der Waals surface area contributed by atoms with Gasteiger partial charge in [-0.2, -0.15) is 0 Å². The molecule has 3 fully saturated rings. The van der Waals surface area contributed by atoms with Gasteiger partial charge in [-0.15, -0.1) is 0 Å². The molecule has 0 bridgehead atoms. The number of likely N-dealkylation sites (tertiary alicyclic amines) is 2. The van der Waals surface area contributed by atoms with Gasteiger partial charge in [0.25, 0.3) is 0 Å². The van der Waals surface area contributed by atoms with E-state index in [1.165, 1.54) is 12.8 Å². The van der Waals surface area contributed by atoms with Crippen LogP contribution in [0.3, 0.4) is 0 Å². The van der Waals surface area contributed by atoms with Crippen molar-refractivity contribution in [2.45, 2.75) is 52.0 Å². The predicted molar refractivity (Wildman–Crippen MR) is 83.6 cm³/mol. The van der Waals surface area contributed by atoms with Crippen LogP contribution in [0, 0.1) is 11.3 Å². The van der Waals surface area contributed by atoms with Crippen LogP contribution in [-0.2, 0) is 9.53 Å². The molecule has 1 saturated carbocycles. The lowest BCUT2D eigenvalue weighted by Crippen LogP contribution is -2.54. The maximum Gasteiger partial charge on any atom is 0.409 e. The van der Waals surface area contributed by atoms with E-state index in [1.807, 2.05) is 11.8 Å². The predicted octanol–water partition coefficient (Wildman–Crippen LogP) is 2.30. The molecule has 2 heterocycles. The Kier molecular flexibility index (Phi) is 4.44. The lowest BCUT2D eigenvalue weighted by Gasteiger charge is -2.51. The summed E-state index contributed by atoms with van der Waals surface area (Å²) in [7, 11) is 0. The van der Waals surface area contributed by atoms with E-state index in [4.69, 9.17) is 4.74 Å². The van der Waals surface area contributed by atoms with Crippen LogP contribution in [0.2, 0.25) is 0 Å². The zero-order valence-electron chi connectivity index (χ0n) is 13.8. The first-order valence-corrected chi connectivity index (χ1v) is 8.69. The monoisotopic (exact) mass is 308 g/mol. The third-order valence-electron chi connectivity index (χ3n) is 5.92. The molecule has 124 valence electrons. The van der Waals surface area contributed by atoms with Gasteiger partial charge in [-0.1, -0.05) is 0 Å². The Labute approximate surface area is 133 Å². The normalized spacial score (nSPS) is 33.0. The Hall–Kier alpha value is -1.10. The molecule has 0 N–H and O–H groups in total. The van der Waals surface area contributed by atoms with Gasteiger partial charge < -0.3 is 14.5 Å². The summed E-state index contributed by atoms with van der Waals surface area (Å²) in [6.45, 7) is 7.87. The molecule has 2 saturated heterocycles. The van der Waals surface area contributed by atoms with Crippen LogP contribution < -0.4 is 0 Å². The molecule has 0 radical (unpaired) electrons. The largest absolute Gasteiger partial charge is 0.450 e. The molecule has 1 spiro atoms. The summed E-state index contributed by atoms with van der Waals surface area (Å²) in [5, 5.41) is 0. The fourth-order valence-electron chi connectivity index (χ4n) is 4.51. The van der Waals surface area contributed by atoms with Gasteiger partial charge in [0.15, 0.2) is 0 Å². The highest BCUT2D eigenvalue weighted by Crippen LogP contribution is 2.50. The number of amides is 1. The van der Waals surface area contributed by atoms with E-state index in [0.29, 0.717) is 23.8 Å². The van der Waals surface area contributed by atoms with E-state index >= 15 is 0 Å². The van der Waals surface area contributed by atoms with Gasteiger partial charge in [0, 0.05) is 25.0 Å². The minimum Gasteiger partial charge on any atom is -0.450 e. The van der Waals surface area contributed by atoms with E-state index in [0.717, 1.165) is 45.4 Å². The van der Waals surface area contributed by atoms with Gasteiger partial charge in [0.2, 0.25) is 0 Å². The van der Waals surface area contributed by atoms with Crippen molar-refractivity contribution in [2.24, 2.45) is 11.3 Å². The number of rotatable bonds is 3. The van der Waals surface area contributed by atoms with E-state index in [-0.39, 0.29) is 12.0 Å². The minimum atomic E-state index is -0.148. The molecule has 22 heavy (non-hydrogen) atoms. The van der Waals surface area contributed by atoms with Crippen molar-refractivity contribution in [1.29, 1.82) is 0 Å². The first kappa shape index (κ1) is 15.8. The Bertz CT molecular complexity index is 437. The lowest BCUT2D eigenvalue weighted by atomic mass is 9.64. The SMILES string of the molecule is CCOC(=O)N1CCC2(CC(N3CCC(C(C)=O)CC3)C2)C1. The van der Waals surface area contributed by atoms with E-state index in [9.17, 15) is 9.59 Å². The number of piperidine rings is 1. The second-order valence-electron chi connectivity index (χ2n) is 7.35. The van der Waals surface area contributed by atoms with Gasteiger partial charge >= 0.3 is 6.09 Å². The standard InChI is InChI=1S/C17H28N2O3/c1-3-22-16(21)19-9-6-17(12-19)10-15(11-17)18-7-4-14(5-8-18)13(2)20/h14-15H,3-12H2,1-2H3. The molecule has 3 aliphatic rings. The fourth-order valence-corrected chi connectivity index (χ4v) is 4.51. The van der Waals surface area contributed by atoms with Gasteiger partial charge in [0.05, 0.1) is 6.61 Å². The smallest absolute Gasteiger partial charge is 0.409 e. The van der Waals surface area contributed by atoms with Crippen LogP contribution in [-0.4, -0.2) is 60.5 Å². The second-order valence-corrected chi connectivity index (χ2v) is 7.35. The molecule has 5 heteroatoms. The van der Waals surface area contributed by atoms with E-state index in [1.54, 1.807) is 6.92 Å². The van der Waals surface area contributed by atoms with Crippen molar-refractivity contribution in [3.8, 4) is 0 Å². The molecular formula is C17H28N2O3. The van der Waals surface area contributed by atoms with Crippen LogP contribution in [0.15, 0.2) is 0 Å². The Morgan fingerprint density at radius 3 is 2.45 bits per heavy atom. The Morgan fingerprint density at radius 2 is 1.86 bits per heavy atom. The maximum absolute atomic E-state index is 11.8. The molecule has 0 atom stereocenters. The zero-order chi connectivity index (χ0) is 15.7. The zero-order valence-corrected chi connectivity index (χ0v) is 13.8. The van der Waals surface area contributed by atoms with Gasteiger partial charge in [-0.3, -0.25) is 4.79 Å². The molecule has 0 unspecified atom stereocenters. The molecule has 3 rings (SSSR count). The summed E-state index contributed by atoms with van der Waals surface area (Å²) in [4.78, 5) is 27.7. The molecule has 1 amide bonds. The van der Waals surface area contributed by atoms with Crippen LogP contribution in [0.5, 0.6) is 0 Å². The average Bonchev–Trinajstić information content (AvgIpc) is 2.91. The molecule has 0 aromatic carbocycles.